The van der Waals surface area contributed by atoms with Crippen molar-refractivity contribution in [3.63, 3.8) is 0 Å². The van der Waals surface area contributed by atoms with E-state index in [1.165, 1.54) is 5.56 Å². The van der Waals surface area contributed by atoms with E-state index in [0.29, 0.717) is 12.5 Å². The standard InChI is InChI=1S/C23H24O2/c1-18(2)23(20-11-5-3-6-12-20)24-17-19-10-9-15-22(16-19)25-21-13-7-4-8-14-21/h3-16,18,23H,17H2,1-2H3. The molecule has 0 saturated carbocycles. The maximum atomic E-state index is 6.23. The highest BCUT2D eigenvalue weighted by Crippen LogP contribution is 2.28. The summed E-state index contributed by atoms with van der Waals surface area (Å²) in [5.41, 5.74) is 2.32. The number of hydrogen-bond donors (Lipinski definition) is 0. The molecule has 0 aliphatic rings. The van der Waals surface area contributed by atoms with Gasteiger partial charge in [0.15, 0.2) is 0 Å². The average Bonchev–Trinajstić information content (AvgIpc) is 2.64. The molecule has 0 fully saturated rings. The Kier molecular flexibility index (Phi) is 5.86. The van der Waals surface area contributed by atoms with Gasteiger partial charge < -0.3 is 9.47 Å². The Balaban J connectivity index is 1.67. The van der Waals surface area contributed by atoms with Crippen LogP contribution in [0.5, 0.6) is 11.5 Å². The summed E-state index contributed by atoms with van der Waals surface area (Å²) in [6, 6.07) is 28.3. The monoisotopic (exact) mass is 332 g/mol. The normalized spacial score (nSPS) is 12.1. The lowest BCUT2D eigenvalue weighted by molar-refractivity contribution is 0.00894. The second kappa shape index (κ2) is 8.50. The molecule has 1 unspecified atom stereocenters. The Morgan fingerprint density at radius 2 is 1.36 bits per heavy atom. The molecule has 3 aromatic carbocycles. The summed E-state index contributed by atoms with van der Waals surface area (Å²) in [7, 11) is 0. The fraction of sp³-hybridized carbons (Fsp3) is 0.217. The van der Waals surface area contributed by atoms with Crippen LogP contribution in [-0.2, 0) is 11.3 Å². The molecule has 0 N–H and O–H groups in total. The highest BCUT2D eigenvalue weighted by atomic mass is 16.5. The first-order valence-electron chi connectivity index (χ1n) is 8.71. The lowest BCUT2D eigenvalue weighted by Crippen LogP contribution is -2.11. The van der Waals surface area contributed by atoms with Crippen molar-refractivity contribution in [3.05, 3.63) is 96.1 Å². The van der Waals surface area contributed by atoms with Crippen molar-refractivity contribution in [2.24, 2.45) is 5.92 Å². The molecular weight excluding hydrogens is 308 g/mol. The van der Waals surface area contributed by atoms with Crippen molar-refractivity contribution >= 4 is 0 Å². The van der Waals surface area contributed by atoms with Crippen LogP contribution in [0.25, 0.3) is 0 Å². The third kappa shape index (κ3) is 4.94. The molecule has 1 atom stereocenters. The molecule has 3 aromatic rings. The Morgan fingerprint density at radius 3 is 2.04 bits per heavy atom. The summed E-state index contributed by atoms with van der Waals surface area (Å²) in [6.07, 6.45) is 0.0832. The van der Waals surface area contributed by atoms with E-state index in [0.717, 1.165) is 17.1 Å². The fourth-order valence-corrected chi connectivity index (χ4v) is 2.83. The van der Waals surface area contributed by atoms with Crippen molar-refractivity contribution < 1.29 is 9.47 Å². The van der Waals surface area contributed by atoms with E-state index < -0.39 is 0 Å². The zero-order valence-electron chi connectivity index (χ0n) is 14.8. The summed E-state index contributed by atoms with van der Waals surface area (Å²) >= 11 is 0. The third-order valence-electron chi connectivity index (χ3n) is 4.04. The topological polar surface area (TPSA) is 18.5 Å². The van der Waals surface area contributed by atoms with Crippen molar-refractivity contribution in [2.75, 3.05) is 0 Å². The largest absolute Gasteiger partial charge is 0.457 e. The number of ether oxygens (including phenoxy) is 2. The molecule has 0 spiro atoms. The minimum atomic E-state index is 0.0832. The van der Waals surface area contributed by atoms with Gasteiger partial charge in [0.05, 0.1) is 12.7 Å². The van der Waals surface area contributed by atoms with Gasteiger partial charge in [0.1, 0.15) is 11.5 Å². The van der Waals surface area contributed by atoms with Crippen LogP contribution in [0.1, 0.15) is 31.1 Å². The van der Waals surface area contributed by atoms with Crippen LogP contribution in [0.2, 0.25) is 0 Å². The first kappa shape index (κ1) is 17.2. The first-order chi connectivity index (χ1) is 12.2. The van der Waals surface area contributed by atoms with E-state index in [-0.39, 0.29) is 6.10 Å². The minimum Gasteiger partial charge on any atom is -0.457 e. The van der Waals surface area contributed by atoms with Crippen LogP contribution >= 0.6 is 0 Å². The third-order valence-corrected chi connectivity index (χ3v) is 4.04. The highest BCUT2D eigenvalue weighted by molar-refractivity contribution is 5.33. The van der Waals surface area contributed by atoms with E-state index in [4.69, 9.17) is 9.47 Å². The molecule has 0 aromatic heterocycles. The zero-order valence-corrected chi connectivity index (χ0v) is 14.8. The van der Waals surface area contributed by atoms with E-state index in [1.54, 1.807) is 0 Å². The molecule has 2 nitrogen and oxygen atoms in total. The van der Waals surface area contributed by atoms with E-state index in [2.05, 4.69) is 44.2 Å². The van der Waals surface area contributed by atoms with E-state index in [9.17, 15) is 0 Å². The van der Waals surface area contributed by atoms with Crippen LogP contribution in [0, 0.1) is 5.92 Å². The Hall–Kier alpha value is -2.58. The maximum absolute atomic E-state index is 6.23. The molecule has 0 saturated heterocycles. The smallest absolute Gasteiger partial charge is 0.127 e. The Morgan fingerprint density at radius 1 is 0.720 bits per heavy atom. The summed E-state index contributed by atoms with van der Waals surface area (Å²) in [5.74, 6) is 2.07. The predicted octanol–water partition coefficient (Wildman–Crippen LogP) is 6.39. The zero-order chi connectivity index (χ0) is 17.5. The van der Waals surface area contributed by atoms with Gasteiger partial charge in [-0.2, -0.15) is 0 Å². The van der Waals surface area contributed by atoms with Crippen LogP contribution < -0.4 is 4.74 Å². The van der Waals surface area contributed by atoms with Gasteiger partial charge in [0.2, 0.25) is 0 Å². The quantitative estimate of drug-likeness (QED) is 0.499. The number of para-hydroxylation sites is 1. The van der Waals surface area contributed by atoms with Crippen LogP contribution in [0.3, 0.4) is 0 Å². The fourth-order valence-electron chi connectivity index (χ4n) is 2.83. The van der Waals surface area contributed by atoms with E-state index >= 15 is 0 Å². The number of rotatable bonds is 7. The van der Waals surface area contributed by atoms with Gasteiger partial charge >= 0.3 is 0 Å². The molecule has 3 rings (SSSR count). The second-order valence-corrected chi connectivity index (χ2v) is 6.45. The molecular formula is C23H24O2. The summed E-state index contributed by atoms with van der Waals surface area (Å²) in [6.45, 7) is 4.93. The highest BCUT2D eigenvalue weighted by Gasteiger charge is 2.16. The second-order valence-electron chi connectivity index (χ2n) is 6.45. The van der Waals surface area contributed by atoms with Gasteiger partial charge in [0, 0.05) is 0 Å². The van der Waals surface area contributed by atoms with Crippen LogP contribution in [0.4, 0.5) is 0 Å². The van der Waals surface area contributed by atoms with Crippen molar-refractivity contribution in [1.82, 2.24) is 0 Å². The SMILES string of the molecule is CC(C)C(OCc1cccc(Oc2ccccc2)c1)c1ccccc1. The predicted molar refractivity (Wildman–Crippen MR) is 102 cm³/mol. The van der Waals surface area contributed by atoms with E-state index in [1.807, 2.05) is 54.6 Å². The molecule has 0 bridgehead atoms. The molecule has 0 aliphatic carbocycles. The summed E-state index contributed by atoms with van der Waals surface area (Å²) < 4.78 is 12.1. The molecule has 2 heteroatoms. The number of hydrogen-bond acceptors (Lipinski definition) is 2. The van der Waals surface area contributed by atoms with Gasteiger partial charge in [-0.3, -0.25) is 0 Å². The number of benzene rings is 3. The van der Waals surface area contributed by atoms with Gasteiger partial charge in [-0.05, 0) is 41.3 Å². The molecule has 0 aliphatic heterocycles. The maximum Gasteiger partial charge on any atom is 0.127 e. The Bertz CT molecular complexity index is 766. The van der Waals surface area contributed by atoms with Gasteiger partial charge in [-0.15, -0.1) is 0 Å². The van der Waals surface area contributed by atoms with Gasteiger partial charge in [-0.25, -0.2) is 0 Å². The molecule has 0 radical (unpaired) electrons. The average molecular weight is 332 g/mol. The van der Waals surface area contributed by atoms with Crippen LogP contribution in [0.15, 0.2) is 84.9 Å². The van der Waals surface area contributed by atoms with Crippen molar-refractivity contribution in [2.45, 2.75) is 26.6 Å². The van der Waals surface area contributed by atoms with Gasteiger partial charge in [0.25, 0.3) is 0 Å². The molecule has 0 heterocycles. The minimum absolute atomic E-state index is 0.0832. The van der Waals surface area contributed by atoms with Crippen molar-refractivity contribution in [3.8, 4) is 11.5 Å². The lowest BCUT2D eigenvalue weighted by Gasteiger charge is -2.22. The summed E-state index contributed by atoms with van der Waals surface area (Å²) in [4.78, 5) is 0. The summed E-state index contributed by atoms with van der Waals surface area (Å²) in [5, 5.41) is 0. The molecule has 128 valence electrons. The van der Waals surface area contributed by atoms with Crippen LogP contribution in [-0.4, -0.2) is 0 Å². The van der Waals surface area contributed by atoms with Gasteiger partial charge in [-0.1, -0.05) is 74.5 Å². The lowest BCUT2D eigenvalue weighted by atomic mass is 9.99. The Labute approximate surface area is 150 Å². The first-order valence-corrected chi connectivity index (χ1v) is 8.71. The molecule has 25 heavy (non-hydrogen) atoms. The molecule has 0 amide bonds. The van der Waals surface area contributed by atoms with Crippen molar-refractivity contribution in [1.29, 1.82) is 0 Å².